The van der Waals surface area contributed by atoms with Crippen molar-refractivity contribution < 1.29 is 17.5 Å². The molecule has 0 aliphatic heterocycles. The van der Waals surface area contributed by atoms with E-state index in [1.807, 2.05) is 4.72 Å². The van der Waals surface area contributed by atoms with Gasteiger partial charge >= 0.3 is 0 Å². The van der Waals surface area contributed by atoms with Crippen LogP contribution in [0.25, 0.3) is 0 Å². The van der Waals surface area contributed by atoms with Crippen molar-refractivity contribution in [3.63, 3.8) is 0 Å². The van der Waals surface area contributed by atoms with Gasteiger partial charge in [-0.05, 0) is 19.1 Å². The van der Waals surface area contributed by atoms with Gasteiger partial charge in [0.2, 0.25) is 10.0 Å². The summed E-state index contributed by atoms with van der Waals surface area (Å²) >= 11 is 0. The second kappa shape index (κ2) is 5.01. The lowest BCUT2D eigenvalue weighted by Gasteiger charge is -2.11. The lowest BCUT2D eigenvalue weighted by atomic mass is 10.3. The summed E-state index contributed by atoms with van der Waals surface area (Å²) in [6, 6.07) is 5.21. The fourth-order valence-electron chi connectivity index (χ4n) is 1.02. The Morgan fingerprint density at radius 1 is 1.53 bits per heavy atom. The minimum absolute atomic E-state index is 0.244. The molecule has 0 saturated heterocycles. The average molecular weight is 258 g/mol. The number of ether oxygens (including phenoxy) is 1. The summed E-state index contributed by atoms with van der Waals surface area (Å²) in [5.41, 5.74) is -0.244. The number of rotatable bonds is 4. The molecule has 7 heteroatoms. The van der Waals surface area contributed by atoms with Crippen LogP contribution in [-0.4, -0.2) is 20.8 Å². The molecule has 0 saturated carbocycles. The van der Waals surface area contributed by atoms with Gasteiger partial charge in [0.05, 0.1) is 18.9 Å². The highest BCUT2D eigenvalue weighted by Crippen LogP contribution is 2.22. The van der Waals surface area contributed by atoms with Crippen LogP contribution in [-0.2, 0) is 10.0 Å². The Balaban J connectivity index is 3.08. The summed E-state index contributed by atoms with van der Waals surface area (Å²) in [7, 11) is -2.54. The maximum Gasteiger partial charge on any atom is 0.248 e. The molecule has 5 nitrogen and oxygen atoms in total. The number of anilines is 1. The molecule has 1 atom stereocenters. The molecule has 0 radical (unpaired) electrons. The van der Waals surface area contributed by atoms with Crippen LogP contribution >= 0.6 is 0 Å². The van der Waals surface area contributed by atoms with E-state index in [0.29, 0.717) is 5.75 Å². The third kappa shape index (κ3) is 3.07. The van der Waals surface area contributed by atoms with E-state index < -0.39 is 21.1 Å². The van der Waals surface area contributed by atoms with Crippen LogP contribution in [0, 0.1) is 17.1 Å². The standard InChI is InChI=1S/C10H11FN2O3S/c1-7(6-12)17(14,15)13-10-5-8(16-2)3-4-9(10)11/h3-5,7,13H,1-2H3. The van der Waals surface area contributed by atoms with Gasteiger partial charge in [-0.2, -0.15) is 5.26 Å². The van der Waals surface area contributed by atoms with Gasteiger partial charge in [-0.3, -0.25) is 4.72 Å². The molecule has 1 aromatic rings. The van der Waals surface area contributed by atoms with Crippen LogP contribution in [0.4, 0.5) is 10.1 Å². The smallest absolute Gasteiger partial charge is 0.248 e. The van der Waals surface area contributed by atoms with Crippen molar-refractivity contribution in [1.29, 1.82) is 5.26 Å². The first kappa shape index (κ1) is 13.3. The lowest BCUT2D eigenvalue weighted by molar-refractivity contribution is 0.414. The van der Waals surface area contributed by atoms with Crippen LogP contribution in [0.1, 0.15) is 6.92 Å². The molecule has 17 heavy (non-hydrogen) atoms. The van der Waals surface area contributed by atoms with Gasteiger partial charge in [-0.25, -0.2) is 12.8 Å². The summed E-state index contributed by atoms with van der Waals surface area (Å²) in [6.45, 7) is 1.21. The van der Waals surface area contributed by atoms with Gasteiger partial charge in [0.25, 0.3) is 0 Å². The molecule has 0 aliphatic carbocycles. The fourth-order valence-corrected chi connectivity index (χ4v) is 1.80. The summed E-state index contributed by atoms with van der Waals surface area (Å²) < 4.78 is 43.3. The molecule has 0 heterocycles. The van der Waals surface area contributed by atoms with Crippen LogP contribution in [0.2, 0.25) is 0 Å². The fraction of sp³-hybridized carbons (Fsp3) is 0.300. The topological polar surface area (TPSA) is 79.2 Å². The van der Waals surface area contributed by atoms with E-state index in [1.54, 1.807) is 6.07 Å². The number of sulfonamides is 1. The summed E-state index contributed by atoms with van der Waals surface area (Å²) in [5.74, 6) is -0.423. The Morgan fingerprint density at radius 3 is 2.71 bits per heavy atom. The Bertz CT molecular complexity index is 551. The average Bonchev–Trinajstić information content (AvgIpc) is 2.30. The van der Waals surface area contributed by atoms with Crippen LogP contribution in [0.15, 0.2) is 18.2 Å². The van der Waals surface area contributed by atoms with Crippen LogP contribution in [0.5, 0.6) is 5.75 Å². The minimum Gasteiger partial charge on any atom is -0.497 e. The quantitative estimate of drug-likeness (QED) is 0.887. The van der Waals surface area contributed by atoms with Crippen molar-refractivity contribution in [3.05, 3.63) is 24.0 Å². The van der Waals surface area contributed by atoms with Gasteiger partial charge in [0.1, 0.15) is 11.6 Å². The van der Waals surface area contributed by atoms with E-state index in [2.05, 4.69) is 0 Å². The predicted molar refractivity (Wildman–Crippen MR) is 60.6 cm³/mol. The van der Waals surface area contributed by atoms with Crippen molar-refractivity contribution in [2.75, 3.05) is 11.8 Å². The molecule has 0 bridgehead atoms. The maximum absolute atomic E-state index is 13.3. The largest absolute Gasteiger partial charge is 0.497 e. The molecule has 1 rings (SSSR count). The molecular formula is C10H11FN2O3S. The first-order chi connectivity index (χ1) is 7.90. The van der Waals surface area contributed by atoms with Crippen LogP contribution < -0.4 is 9.46 Å². The zero-order valence-corrected chi connectivity index (χ0v) is 10.1. The van der Waals surface area contributed by atoms with E-state index in [4.69, 9.17) is 10.00 Å². The van der Waals surface area contributed by atoms with Gasteiger partial charge < -0.3 is 4.74 Å². The molecule has 1 aromatic carbocycles. The second-order valence-electron chi connectivity index (χ2n) is 3.26. The number of nitrogens with zero attached hydrogens (tertiary/aromatic N) is 1. The SMILES string of the molecule is COc1ccc(F)c(NS(=O)(=O)C(C)C#N)c1. The molecule has 0 aromatic heterocycles. The summed E-state index contributed by atoms with van der Waals surface area (Å²) in [5, 5.41) is 7.26. The van der Waals surface area contributed by atoms with Crippen molar-refractivity contribution >= 4 is 15.7 Å². The first-order valence-electron chi connectivity index (χ1n) is 4.65. The van der Waals surface area contributed by atoms with Crippen molar-refractivity contribution in [2.45, 2.75) is 12.2 Å². The van der Waals surface area contributed by atoms with E-state index in [0.717, 1.165) is 6.07 Å². The first-order valence-corrected chi connectivity index (χ1v) is 6.20. The van der Waals surface area contributed by atoms with Gasteiger partial charge in [0, 0.05) is 6.07 Å². The summed E-state index contributed by atoms with van der Waals surface area (Å²) in [6.07, 6.45) is 0. The predicted octanol–water partition coefficient (Wildman–Crippen LogP) is 1.49. The van der Waals surface area contributed by atoms with E-state index >= 15 is 0 Å². The number of nitriles is 1. The number of methoxy groups -OCH3 is 1. The Labute approximate surface area is 98.9 Å². The molecule has 0 amide bonds. The second-order valence-corrected chi connectivity index (χ2v) is 5.27. The molecule has 1 N–H and O–H groups in total. The maximum atomic E-state index is 13.3. The van der Waals surface area contributed by atoms with E-state index in [1.165, 1.54) is 26.2 Å². The highest BCUT2D eigenvalue weighted by atomic mass is 32.2. The Kier molecular flexibility index (Phi) is 3.91. The van der Waals surface area contributed by atoms with Crippen molar-refractivity contribution in [2.24, 2.45) is 0 Å². The number of halogens is 1. The summed E-state index contributed by atoms with van der Waals surface area (Å²) in [4.78, 5) is 0. The van der Waals surface area contributed by atoms with Gasteiger partial charge in [-0.1, -0.05) is 0 Å². The Morgan fingerprint density at radius 2 is 2.18 bits per heavy atom. The molecule has 0 fully saturated rings. The molecular weight excluding hydrogens is 247 g/mol. The number of hydrogen-bond donors (Lipinski definition) is 1. The minimum atomic E-state index is -3.92. The van der Waals surface area contributed by atoms with Crippen LogP contribution in [0.3, 0.4) is 0 Å². The number of benzene rings is 1. The zero-order valence-electron chi connectivity index (χ0n) is 9.27. The number of nitrogens with one attached hydrogen (secondary N) is 1. The molecule has 92 valence electrons. The van der Waals surface area contributed by atoms with Crippen molar-refractivity contribution in [1.82, 2.24) is 0 Å². The molecule has 1 unspecified atom stereocenters. The molecule has 0 spiro atoms. The third-order valence-corrected chi connectivity index (χ3v) is 3.61. The number of hydrogen-bond acceptors (Lipinski definition) is 4. The van der Waals surface area contributed by atoms with Gasteiger partial charge in [0.15, 0.2) is 5.25 Å². The highest BCUT2D eigenvalue weighted by molar-refractivity contribution is 7.93. The lowest BCUT2D eigenvalue weighted by Crippen LogP contribution is -2.24. The highest BCUT2D eigenvalue weighted by Gasteiger charge is 2.21. The third-order valence-electron chi connectivity index (χ3n) is 2.07. The van der Waals surface area contributed by atoms with E-state index in [-0.39, 0.29) is 5.69 Å². The Hall–Kier alpha value is -1.81. The monoisotopic (exact) mass is 258 g/mol. The van der Waals surface area contributed by atoms with Crippen molar-refractivity contribution in [3.8, 4) is 11.8 Å². The van der Waals surface area contributed by atoms with Gasteiger partial charge in [-0.15, -0.1) is 0 Å². The van der Waals surface area contributed by atoms with E-state index in [9.17, 15) is 12.8 Å². The molecule has 0 aliphatic rings. The zero-order chi connectivity index (χ0) is 13.1. The normalized spacial score (nSPS) is 12.6.